The smallest absolute Gasteiger partial charge is 0.216 e. The second-order valence-corrected chi connectivity index (χ2v) is 7.52. The molecule has 1 saturated carbocycles. The first kappa shape index (κ1) is 15.8. The maximum atomic E-state index is 12.3. The van der Waals surface area contributed by atoms with Gasteiger partial charge in [0.25, 0.3) is 0 Å². The van der Waals surface area contributed by atoms with Gasteiger partial charge >= 0.3 is 0 Å². The Labute approximate surface area is 125 Å². The zero-order valence-electron chi connectivity index (χ0n) is 11.4. The second kappa shape index (κ2) is 6.89. The molecule has 0 spiro atoms. The van der Waals surface area contributed by atoms with E-state index in [0.29, 0.717) is 17.1 Å². The van der Waals surface area contributed by atoms with Gasteiger partial charge in [0.05, 0.1) is 5.75 Å². The molecule has 112 valence electrons. The Kier molecular flexibility index (Phi) is 5.43. The molecular weight excluding hydrogens is 296 g/mol. The molecule has 4 nitrogen and oxygen atoms in total. The van der Waals surface area contributed by atoms with Gasteiger partial charge in [0.2, 0.25) is 10.0 Å². The quantitative estimate of drug-likeness (QED) is 0.875. The Morgan fingerprint density at radius 1 is 1.25 bits per heavy atom. The molecule has 0 amide bonds. The largest absolute Gasteiger partial charge is 0.330 e. The van der Waals surface area contributed by atoms with E-state index in [1.165, 1.54) is 0 Å². The average Bonchev–Trinajstić information content (AvgIpc) is 2.41. The van der Waals surface area contributed by atoms with Gasteiger partial charge in [0.15, 0.2) is 0 Å². The molecule has 3 N–H and O–H groups in total. The Bertz CT molecular complexity index is 548. The van der Waals surface area contributed by atoms with E-state index in [1.54, 1.807) is 24.3 Å². The van der Waals surface area contributed by atoms with Crippen LogP contribution in [0.25, 0.3) is 0 Å². The summed E-state index contributed by atoms with van der Waals surface area (Å²) in [6, 6.07) is 6.98. The summed E-state index contributed by atoms with van der Waals surface area (Å²) in [6.45, 7) is 0.527. The first-order chi connectivity index (χ1) is 9.52. The van der Waals surface area contributed by atoms with Crippen molar-refractivity contribution in [2.75, 3.05) is 6.54 Å². The molecule has 1 aliphatic rings. The number of hydrogen-bond acceptors (Lipinski definition) is 3. The van der Waals surface area contributed by atoms with Gasteiger partial charge in [0, 0.05) is 11.1 Å². The molecule has 2 unspecified atom stereocenters. The summed E-state index contributed by atoms with van der Waals surface area (Å²) in [5.41, 5.74) is 6.36. The highest BCUT2D eigenvalue weighted by Crippen LogP contribution is 2.25. The van der Waals surface area contributed by atoms with Crippen molar-refractivity contribution in [2.24, 2.45) is 11.7 Å². The molecule has 0 heterocycles. The van der Waals surface area contributed by atoms with Crippen LogP contribution < -0.4 is 10.5 Å². The van der Waals surface area contributed by atoms with E-state index in [0.717, 1.165) is 25.7 Å². The molecule has 0 aromatic heterocycles. The van der Waals surface area contributed by atoms with Gasteiger partial charge in [0.1, 0.15) is 0 Å². The zero-order valence-corrected chi connectivity index (χ0v) is 13.0. The van der Waals surface area contributed by atoms with Crippen LogP contribution in [0.2, 0.25) is 5.02 Å². The van der Waals surface area contributed by atoms with E-state index >= 15 is 0 Å². The van der Waals surface area contributed by atoms with Crippen molar-refractivity contribution < 1.29 is 8.42 Å². The van der Waals surface area contributed by atoms with Gasteiger partial charge in [-0.2, -0.15) is 0 Å². The van der Waals surface area contributed by atoms with Crippen LogP contribution in [0.15, 0.2) is 24.3 Å². The summed E-state index contributed by atoms with van der Waals surface area (Å²) in [5.74, 6) is 0.158. The maximum Gasteiger partial charge on any atom is 0.216 e. The molecular formula is C14H21ClN2O2S. The number of halogens is 1. The zero-order chi connectivity index (χ0) is 14.6. The van der Waals surface area contributed by atoms with Crippen molar-refractivity contribution in [2.45, 2.75) is 37.5 Å². The fraction of sp³-hybridized carbons (Fsp3) is 0.571. The highest BCUT2D eigenvalue weighted by molar-refractivity contribution is 7.88. The molecule has 0 aliphatic heterocycles. The van der Waals surface area contributed by atoms with E-state index in [2.05, 4.69) is 4.72 Å². The van der Waals surface area contributed by atoms with Gasteiger partial charge in [-0.3, -0.25) is 0 Å². The van der Waals surface area contributed by atoms with Gasteiger partial charge in [-0.25, -0.2) is 13.1 Å². The predicted octanol–water partition coefficient (Wildman–Crippen LogP) is 2.28. The summed E-state index contributed by atoms with van der Waals surface area (Å²) in [7, 11) is -3.39. The lowest BCUT2D eigenvalue weighted by atomic mass is 9.85. The number of nitrogens with two attached hydrogens (primary N) is 1. The number of rotatable bonds is 5. The molecule has 1 aromatic rings. The van der Waals surface area contributed by atoms with Crippen LogP contribution in [0, 0.1) is 5.92 Å². The lowest BCUT2D eigenvalue weighted by Crippen LogP contribution is -2.45. The molecule has 0 bridgehead atoms. The van der Waals surface area contributed by atoms with Crippen LogP contribution in [-0.2, 0) is 15.8 Å². The number of benzene rings is 1. The lowest BCUT2D eigenvalue weighted by molar-refractivity contribution is 0.296. The number of hydrogen-bond donors (Lipinski definition) is 2. The van der Waals surface area contributed by atoms with E-state index in [9.17, 15) is 8.42 Å². The minimum Gasteiger partial charge on any atom is -0.330 e. The fourth-order valence-electron chi connectivity index (χ4n) is 2.74. The highest BCUT2D eigenvalue weighted by Gasteiger charge is 2.28. The standard InChI is InChI=1S/C14H21ClN2O2S/c15-13-7-3-1-6-12(13)10-20(18,19)17-14-8-4-2-5-11(14)9-16/h1,3,6-7,11,14,17H,2,4-5,8-10,16H2. The van der Waals surface area contributed by atoms with E-state index in [-0.39, 0.29) is 17.7 Å². The van der Waals surface area contributed by atoms with Crippen molar-refractivity contribution in [1.82, 2.24) is 4.72 Å². The molecule has 0 saturated heterocycles. The van der Waals surface area contributed by atoms with Crippen LogP contribution >= 0.6 is 11.6 Å². The minimum atomic E-state index is -3.39. The summed E-state index contributed by atoms with van der Waals surface area (Å²) in [4.78, 5) is 0. The number of sulfonamides is 1. The van der Waals surface area contributed by atoms with Crippen LogP contribution in [0.3, 0.4) is 0 Å². The third-order valence-corrected chi connectivity index (χ3v) is 5.57. The monoisotopic (exact) mass is 316 g/mol. The predicted molar refractivity (Wildman–Crippen MR) is 82.0 cm³/mol. The van der Waals surface area contributed by atoms with Gasteiger partial charge in [-0.1, -0.05) is 42.6 Å². The summed E-state index contributed by atoms with van der Waals surface area (Å²) in [6.07, 6.45) is 4.04. The van der Waals surface area contributed by atoms with Gasteiger partial charge in [-0.15, -0.1) is 0 Å². The van der Waals surface area contributed by atoms with E-state index in [4.69, 9.17) is 17.3 Å². The first-order valence-electron chi connectivity index (χ1n) is 6.95. The molecule has 1 aromatic carbocycles. The van der Waals surface area contributed by atoms with Crippen molar-refractivity contribution in [3.63, 3.8) is 0 Å². The first-order valence-corrected chi connectivity index (χ1v) is 8.98. The minimum absolute atomic E-state index is 0.0405. The molecule has 20 heavy (non-hydrogen) atoms. The summed E-state index contributed by atoms with van der Waals surface area (Å²) >= 11 is 6.02. The van der Waals surface area contributed by atoms with Crippen molar-refractivity contribution in [1.29, 1.82) is 0 Å². The Morgan fingerprint density at radius 2 is 1.95 bits per heavy atom. The van der Waals surface area contributed by atoms with Crippen molar-refractivity contribution in [3.8, 4) is 0 Å². The van der Waals surface area contributed by atoms with Crippen LogP contribution in [0.4, 0.5) is 0 Å². The molecule has 0 radical (unpaired) electrons. The van der Waals surface area contributed by atoms with Gasteiger partial charge < -0.3 is 5.73 Å². The van der Waals surface area contributed by atoms with Crippen molar-refractivity contribution in [3.05, 3.63) is 34.9 Å². The number of nitrogens with one attached hydrogen (secondary N) is 1. The lowest BCUT2D eigenvalue weighted by Gasteiger charge is -2.31. The summed E-state index contributed by atoms with van der Waals surface area (Å²) in [5, 5.41) is 0.483. The molecule has 1 aliphatic carbocycles. The third kappa shape index (κ3) is 4.19. The Morgan fingerprint density at radius 3 is 2.65 bits per heavy atom. The van der Waals surface area contributed by atoms with E-state index in [1.807, 2.05) is 0 Å². The normalized spacial score (nSPS) is 23.7. The molecule has 2 rings (SSSR count). The molecule has 2 atom stereocenters. The van der Waals surface area contributed by atoms with Crippen molar-refractivity contribution >= 4 is 21.6 Å². The Hall–Kier alpha value is -0.620. The summed E-state index contributed by atoms with van der Waals surface area (Å²) < 4.78 is 27.3. The topological polar surface area (TPSA) is 72.2 Å². The average molecular weight is 317 g/mol. The van der Waals surface area contributed by atoms with Crippen LogP contribution in [0.1, 0.15) is 31.2 Å². The fourth-order valence-corrected chi connectivity index (χ4v) is 4.54. The third-order valence-electron chi connectivity index (χ3n) is 3.85. The van der Waals surface area contributed by atoms with Crippen LogP contribution in [-0.4, -0.2) is 21.0 Å². The SMILES string of the molecule is NCC1CCCCC1NS(=O)(=O)Cc1ccccc1Cl. The highest BCUT2D eigenvalue weighted by atomic mass is 35.5. The molecule has 1 fully saturated rings. The van der Waals surface area contributed by atoms with Gasteiger partial charge in [-0.05, 0) is 36.9 Å². The maximum absolute atomic E-state index is 12.3. The Balaban J connectivity index is 2.05. The second-order valence-electron chi connectivity index (χ2n) is 5.36. The van der Waals surface area contributed by atoms with Crippen LogP contribution in [0.5, 0.6) is 0 Å². The van der Waals surface area contributed by atoms with E-state index < -0.39 is 10.0 Å². The molecule has 6 heteroatoms.